The van der Waals surface area contributed by atoms with Crippen molar-refractivity contribution in [1.29, 1.82) is 0 Å². The second kappa shape index (κ2) is 7.88. The van der Waals surface area contributed by atoms with E-state index in [2.05, 4.69) is 26.6 Å². The fourth-order valence-corrected chi connectivity index (χ4v) is 4.61. The number of rotatable bonds is 6. The number of carbonyl (C=O) groups excluding carboxylic acids is 1. The van der Waals surface area contributed by atoms with Crippen molar-refractivity contribution >= 4 is 17.2 Å². The molecule has 1 fully saturated rings. The highest BCUT2D eigenvalue weighted by molar-refractivity contribution is 7.07. The first-order chi connectivity index (χ1) is 12.4. The highest BCUT2D eigenvalue weighted by Gasteiger charge is 2.44. The number of carbonyl (C=O) groups is 1. The highest BCUT2D eigenvalue weighted by atomic mass is 32.1. The van der Waals surface area contributed by atoms with E-state index in [0.29, 0.717) is 17.5 Å². The number of likely N-dealkylation sites (tertiary alicyclic amines) is 1. The fraction of sp³-hybridized carbons (Fsp3) is 0.450. The highest BCUT2D eigenvalue weighted by Crippen LogP contribution is 2.39. The standard InChI is InChI=1S/C20H27N3O2S/c1-22(2)12-16-13-23(11-15-7-10-26-14-15)9-8-20(16,25)18-6-4-3-5-17(18)19(21)24/h3-7,10,14,16,25H,8-9,11-13H2,1-2H3,(H2,21,24). The molecule has 2 atom stereocenters. The summed E-state index contributed by atoms with van der Waals surface area (Å²) >= 11 is 1.71. The molecule has 0 radical (unpaired) electrons. The summed E-state index contributed by atoms with van der Waals surface area (Å²) in [5.74, 6) is -0.497. The molecule has 2 heterocycles. The lowest BCUT2D eigenvalue weighted by Gasteiger charge is -2.46. The zero-order valence-electron chi connectivity index (χ0n) is 15.4. The van der Waals surface area contributed by atoms with Crippen molar-refractivity contribution in [2.45, 2.75) is 18.6 Å². The lowest BCUT2D eigenvalue weighted by atomic mass is 9.74. The van der Waals surface area contributed by atoms with E-state index < -0.39 is 11.5 Å². The third-order valence-electron chi connectivity index (χ3n) is 5.19. The largest absolute Gasteiger partial charge is 0.385 e. The van der Waals surface area contributed by atoms with Gasteiger partial charge in [0.25, 0.3) is 0 Å². The SMILES string of the molecule is CN(C)CC1CN(Cc2ccsc2)CCC1(O)c1ccccc1C(N)=O. The van der Waals surface area contributed by atoms with E-state index in [9.17, 15) is 9.90 Å². The molecular weight excluding hydrogens is 346 g/mol. The summed E-state index contributed by atoms with van der Waals surface area (Å²) < 4.78 is 0. The molecule has 1 aromatic carbocycles. The van der Waals surface area contributed by atoms with Crippen LogP contribution in [0.4, 0.5) is 0 Å². The first kappa shape index (κ1) is 19.0. The van der Waals surface area contributed by atoms with Gasteiger partial charge in [0.05, 0.1) is 5.60 Å². The average Bonchev–Trinajstić information content (AvgIpc) is 3.10. The third-order valence-corrected chi connectivity index (χ3v) is 5.93. The number of piperidine rings is 1. The van der Waals surface area contributed by atoms with Gasteiger partial charge in [0.15, 0.2) is 0 Å². The first-order valence-corrected chi connectivity index (χ1v) is 9.84. The zero-order valence-corrected chi connectivity index (χ0v) is 16.2. The molecule has 140 valence electrons. The maximum absolute atomic E-state index is 11.9. The van der Waals surface area contributed by atoms with Crippen LogP contribution < -0.4 is 5.73 Å². The second-order valence-corrected chi connectivity index (χ2v) is 8.19. The lowest BCUT2D eigenvalue weighted by molar-refractivity contribution is -0.0865. The monoisotopic (exact) mass is 373 g/mol. The molecule has 5 nitrogen and oxygen atoms in total. The number of aliphatic hydroxyl groups is 1. The molecule has 6 heteroatoms. The van der Waals surface area contributed by atoms with E-state index in [-0.39, 0.29) is 5.92 Å². The van der Waals surface area contributed by atoms with Crippen LogP contribution in [-0.4, -0.2) is 54.5 Å². The smallest absolute Gasteiger partial charge is 0.249 e. The van der Waals surface area contributed by atoms with Crippen molar-refractivity contribution in [3.8, 4) is 0 Å². The van der Waals surface area contributed by atoms with E-state index in [4.69, 9.17) is 5.73 Å². The van der Waals surface area contributed by atoms with Crippen LogP contribution in [0.15, 0.2) is 41.1 Å². The van der Waals surface area contributed by atoms with Crippen molar-refractivity contribution < 1.29 is 9.90 Å². The number of hydrogen-bond donors (Lipinski definition) is 2. The normalized spacial score (nSPS) is 24.1. The van der Waals surface area contributed by atoms with E-state index >= 15 is 0 Å². The van der Waals surface area contributed by atoms with Crippen molar-refractivity contribution in [1.82, 2.24) is 9.80 Å². The quantitative estimate of drug-likeness (QED) is 0.814. The number of nitrogens with zero attached hydrogens (tertiary/aromatic N) is 2. The van der Waals surface area contributed by atoms with Gasteiger partial charge in [0.2, 0.25) is 5.91 Å². The molecule has 0 bridgehead atoms. The van der Waals surface area contributed by atoms with Gasteiger partial charge in [0, 0.05) is 37.7 Å². The summed E-state index contributed by atoms with van der Waals surface area (Å²) in [6, 6.07) is 9.36. The van der Waals surface area contributed by atoms with Crippen LogP contribution in [0.5, 0.6) is 0 Å². The number of benzene rings is 1. The molecule has 0 spiro atoms. The Kier molecular flexibility index (Phi) is 5.77. The molecule has 2 unspecified atom stereocenters. The molecule has 0 aliphatic carbocycles. The minimum atomic E-state index is -1.05. The number of primary amides is 1. The number of hydrogen-bond acceptors (Lipinski definition) is 5. The minimum Gasteiger partial charge on any atom is -0.385 e. The van der Waals surface area contributed by atoms with Crippen LogP contribution in [0.3, 0.4) is 0 Å². The molecule has 26 heavy (non-hydrogen) atoms. The summed E-state index contributed by atoms with van der Waals surface area (Å²) in [5.41, 5.74) is 6.91. The number of nitrogens with two attached hydrogens (primary N) is 1. The summed E-state index contributed by atoms with van der Waals surface area (Å²) in [7, 11) is 4.02. The molecule has 1 amide bonds. The molecule has 2 aromatic rings. The average molecular weight is 374 g/mol. The molecule has 3 N–H and O–H groups in total. The van der Waals surface area contributed by atoms with Gasteiger partial charge in [-0.2, -0.15) is 11.3 Å². The zero-order chi connectivity index (χ0) is 18.7. The van der Waals surface area contributed by atoms with Gasteiger partial charge in [0.1, 0.15) is 0 Å². The van der Waals surface area contributed by atoms with Crippen molar-refractivity contribution in [3.05, 3.63) is 57.8 Å². The topological polar surface area (TPSA) is 69.8 Å². The van der Waals surface area contributed by atoms with Crippen LogP contribution in [0, 0.1) is 5.92 Å². The molecule has 3 rings (SSSR count). The maximum Gasteiger partial charge on any atom is 0.249 e. The van der Waals surface area contributed by atoms with Crippen LogP contribution in [-0.2, 0) is 12.1 Å². The second-order valence-electron chi connectivity index (χ2n) is 7.41. The van der Waals surface area contributed by atoms with Gasteiger partial charge in [-0.3, -0.25) is 9.69 Å². The van der Waals surface area contributed by atoms with Crippen LogP contribution >= 0.6 is 11.3 Å². The van der Waals surface area contributed by atoms with Gasteiger partial charge in [-0.05, 0) is 54.5 Å². The van der Waals surface area contributed by atoms with Crippen molar-refractivity contribution in [2.75, 3.05) is 33.7 Å². The molecule has 1 aliphatic heterocycles. The summed E-state index contributed by atoms with van der Waals surface area (Å²) in [4.78, 5) is 16.4. The maximum atomic E-state index is 11.9. The Labute approximate surface area is 159 Å². The van der Waals surface area contributed by atoms with Crippen molar-refractivity contribution in [2.24, 2.45) is 11.7 Å². The Hall–Kier alpha value is -1.73. The molecule has 1 aliphatic rings. The Morgan fingerprint density at radius 3 is 2.81 bits per heavy atom. The predicted octanol–water partition coefficient (Wildman–Crippen LogP) is 2.12. The Balaban J connectivity index is 1.89. The van der Waals surface area contributed by atoms with E-state index in [1.807, 2.05) is 26.2 Å². The number of amides is 1. The van der Waals surface area contributed by atoms with Gasteiger partial charge in [-0.15, -0.1) is 0 Å². The molecule has 1 saturated heterocycles. The van der Waals surface area contributed by atoms with Gasteiger partial charge < -0.3 is 15.7 Å². The summed E-state index contributed by atoms with van der Waals surface area (Å²) in [5, 5.41) is 15.9. The first-order valence-electron chi connectivity index (χ1n) is 8.90. The van der Waals surface area contributed by atoms with Gasteiger partial charge >= 0.3 is 0 Å². The molecule has 0 saturated carbocycles. The third kappa shape index (κ3) is 3.99. The van der Waals surface area contributed by atoms with Gasteiger partial charge in [-0.25, -0.2) is 0 Å². The number of thiophene rings is 1. The van der Waals surface area contributed by atoms with Crippen molar-refractivity contribution in [3.63, 3.8) is 0 Å². The molecular formula is C20H27N3O2S. The van der Waals surface area contributed by atoms with E-state index in [1.54, 1.807) is 23.5 Å². The Morgan fingerprint density at radius 2 is 2.15 bits per heavy atom. The fourth-order valence-electron chi connectivity index (χ4n) is 3.95. The van der Waals surface area contributed by atoms with Gasteiger partial charge in [-0.1, -0.05) is 18.2 Å². The van der Waals surface area contributed by atoms with Crippen LogP contribution in [0.2, 0.25) is 0 Å². The van der Waals surface area contributed by atoms with Crippen LogP contribution in [0.1, 0.15) is 27.9 Å². The van der Waals surface area contributed by atoms with E-state index in [0.717, 1.165) is 26.2 Å². The minimum absolute atomic E-state index is 0.00890. The Bertz CT molecular complexity index is 747. The lowest BCUT2D eigenvalue weighted by Crippen LogP contribution is -2.53. The predicted molar refractivity (Wildman–Crippen MR) is 105 cm³/mol. The summed E-state index contributed by atoms with van der Waals surface area (Å²) in [6.45, 7) is 3.19. The van der Waals surface area contributed by atoms with Crippen LogP contribution in [0.25, 0.3) is 0 Å². The molecule has 1 aromatic heterocycles. The van der Waals surface area contributed by atoms with E-state index in [1.165, 1.54) is 5.56 Å². The summed E-state index contributed by atoms with van der Waals surface area (Å²) in [6.07, 6.45) is 0.583. The Morgan fingerprint density at radius 1 is 1.38 bits per heavy atom.